The lowest BCUT2D eigenvalue weighted by atomic mass is 10.4. The molecule has 4 heteroatoms. The quantitative estimate of drug-likeness (QED) is 0.460. The number of esters is 1. The van der Waals surface area contributed by atoms with Crippen LogP contribution in [0.2, 0.25) is 0 Å². The maximum absolute atomic E-state index is 10.4. The van der Waals surface area contributed by atoms with Gasteiger partial charge in [0.25, 0.3) is 0 Å². The van der Waals surface area contributed by atoms with E-state index in [1.165, 1.54) is 0 Å². The Labute approximate surface area is 59.1 Å². The fraction of sp³-hybridized carbons (Fsp3) is 0.800. The number of halogens is 1. The molecule has 0 aliphatic rings. The second-order valence-corrected chi connectivity index (χ2v) is 1.94. The van der Waals surface area contributed by atoms with Gasteiger partial charge in [-0.1, -0.05) is 0 Å². The lowest BCUT2D eigenvalue weighted by Crippen LogP contribution is -2.23. The van der Waals surface area contributed by atoms with Gasteiger partial charge in [-0.3, -0.25) is 4.79 Å². The average molecular weight is 152 g/mol. The molecule has 0 aromatic carbocycles. The van der Waals surface area contributed by atoms with E-state index < -0.39 is 5.97 Å². The van der Waals surface area contributed by atoms with Crippen LogP contribution in [-0.4, -0.2) is 24.5 Å². The number of hydrogen-bond acceptors (Lipinski definition) is 3. The lowest BCUT2D eigenvalue weighted by molar-refractivity contribution is -0.144. The summed E-state index contributed by atoms with van der Waals surface area (Å²) in [5.74, 6) is -0.528. The maximum atomic E-state index is 10.4. The number of nitrogens with two attached hydrogens (primary N) is 1. The largest absolute Gasteiger partial charge is 0.460 e. The van der Waals surface area contributed by atoms with Crippen LogP contribution in [0.4, 0.5) is 0 Å². The molecule has 0 aliphatic heterocycles. The summed E-state index contributed by atoms with van der Waals surface area (Å²) in [6, 6.07) is 0. The van der Waals surface area contributed by atoms with E-state index in [9.17, 15) is 4.79 Å². The van der Waals surface area contributed by atoms with Crippen LogP contribution in [-0.2, 0) is 9.53 Å². The number of alkyl halides is 1. The van der Waals surface area contributed by atoms with Gasteiger partial charge in [0.2, 0.25) is 0 Å². The van der Waals surface area contributed by atoms with E-state index in [2.05, 4.69) is 4.74 Å². The first-order chi connectivity index (χ1) is 4.20. The molecule has 0 rings (SSSR count). The van der Waals surface area contributed by atoms with Gasteiger partial charge in [0.15, 0.2) is 0 Å². The van der Waals surface area contributed by atoms with Crippen molar-refractivity contribution in [1.29, 1.82) is 0 Å². The minimum Gasteiger partial charge on any atom is -0.460 e. The second kappa shape index (κ2) is 4.58. The van der Waals surface area contributed by atoms with E-state index in [0.29, 0.717) is 6.54 Å². The van der Waals surface area contributed by atoms with E-state index in [1.54, 1.807) is 6.92 Å². The molecule has 3 nitrogen and oxygen atoms in total. The van der Waals surface area contributed by atoms with Gasteiger partial charge < -0.3 is 10.5 Å². The van der Waals surface area contributed by atoms with Crippen molar-refractivity contribution in [3.63, 3.8) is 0 Å². The van der Waals surface area contributed by atoms with Gasteiger partial charge >= 0.3 is 5.97 Å². The van der Waals surface area contributed by atoms with Crippen molar-refractivity contribution in [2.75, 3.05) is 12.4 Å². The zero-order valence-corrected chi connectivity index (χ0v) is 6.02. The predicted octanol–water partition coefficient (Wildman–Crippen LogP) is 0.116. The topological polar surface area (TPSA) is 52.3 Å². The fourth-order valence-corrected chi connectivity index (χ4v) is 0.367. The molecule has 0 spiro atoms. The molecule has 0 fully saturated rings. The zero-order chi connectivity index (χ0) is 7.28. The third-order valence-electron chi connectivity index (χ3n) is 0.774. The summed E-state index contributed by atoms with van der Waals surface area (Å²) in [5, 5.41) is 0. The summed E-state index contributed by atoms with van der Waals surface area (Å²) >= 11 is 5.14. The molecule has 0 amide bonds. The Morgan fingerprint density at radius 2 is 2.44 bits per heavy atom. The molecule has 0 bridgehead atoms. The van der Waals surface area contributed by atoms with Crippen LogP contribution in [0.25, 0.3) is 0 Å². The first-order valence-corrected chi connectivity index (χ1v) is 3.19. The second-order valence-electron chi connectivity index (χ2n) is 1.67. The molecule has 54 valence electrons. The zero-order valence-electron chi connectivity index (χ0n) is 5.26. The van der Waals surface area contributed by atoms with Gasteiger partial charge in [-0.15, -0.1) is 11.6 Å². The Balaban J connectivity index is 3.34. The van der Waals surface area contributed by atoms with Crippen molar-refractivity contribution in [2.45, 2.75) is 13.0 Å². The molecule has 1 atom stereocenters. The number of hydrogen-bond donors (Lipinski definition) is 1. The summed E-state index contributed by atoms with van der Waals surface area (Å²) < 4.78 is 4.65. The van der Waals surface area contributed by atoms with Crippen molar-refractivity contribution in [1.82, 2.24) is 0 Å². The van der Waals surface area contributed by atoms with Gasteiger partial charge in [0, 0.05) is 6.54 Å². The molecule has 0 radical (unpaired) electrons. The molecule has 0 aliphatic carbocycles. The van der Waals surface area contributed by atoms with Gasteiger partial charge in [0.1, 0.15) is 12.0 Å². The van der Waals surface area contributed by atoms with Crippen LogP contribution in [0.5, 0.6) is 0 Å². The lowest BCUT2D eigenvalue weighted by Gasteiger charge is -2.07. The highest BCUT2D eigenvalue weighted by Crippen LogP contribution is 1.89. The van der Waals surface area contributed by atoms with E-state index in [4.69, 9.17) is 17.3 Å². The van der Waals surface area contributed by atoms with Crippen LogP contribution < -0.4 is 5.73 Å². The number of carbonyl (C=O) groups is 1. The molecule has 2 N–H and O–H groups in total. The van der Waals surface area contributed by atoms with Crippen molar-refractivity contribution >= 4 is 17.6 Å². The normalized spacial score (nSPS) is 12.8. The molecular weight excluding hydrogens is 142 g/mol. The van der Waals surface area contributed by atoms with Crippen LogP contribution in [0.15, 0.2) is 0 Å². The highest BCUT2D eigenvalue weighted by molar-refractivity contribution is 6.26. The number of ether oxygens (including phenoxy) is 1. The van der Waals surface area contributed by atoms with Gasteiger partial charge in [0.05, 0.1) is 0 Å². The highest BCUT2D eigenvalue weighted by atomic mass is 35.5. The minimum atomic E-state index is -0.422. The number of carbonyl (C=O) groups excluding carboxylic acids is 1. The smallest absolute Gasteiger partial charge is 0.321 e. The summed E-state index contributed by atoms with van der Waals surface area (Å²) in [6.45, 7) is 2.05. The SMILES string of the molecule is CC(CN)OC(=O)CCl. The van der Waals surface area contributed by atoms with Gasteiger partial charge in [-0.2, -0.15) is 0 Å². The van der Waals surface area contributed by atoms with Gasteiger partial charge in [-0.25, -0.2) is 0 Å². The molecule has 1 unspecified atom stereocenters. The van der Waals surface area contributed by atoms with E-state index in [-0.39, 0.29) is 12.0 Å². The molecule has 0 saturated heterocycles. The third-order valence-corrected chi connectivity index (χ3v) is 0.992. The summed E-state index contributed by atoms with van der Waals surface area (Å²) in [7, 11) is 0. The van der Waals surface area contributed by atoms with E-state index in [1.807, 2.05) is 0 Å². The highest BCUT2D eigenvalue weighted by Gasteiger charge is 2.04. The molecule has 0 saturated carbocycles. The molecule has 0 aromatic rings. The minimum absolute atomic E-state index is 0.107. The molecule has 0 heterocycles. The number of rotatable bonds is 3. The maximum Gasteiger partial charge on any atom is 0.321 e. The summed E-state index contributed by atoms with van der Waals surface area (Å²) in [4.78, 5) is 10.4. The summed E-state index contributed by atoms with van der Waals surface area (Å²) in [6.07, 6.45) is -0.226. The molecule has 9 heavy (non-hydrogen) atoms. The van der Waals surface area contributed by atoms with Crippen LogP contribution >= 0.6 is 11.6 Å². The third kappa shape index (κ3) is 4.24. The first kappa shape index (κ1) is 8.72. The Morgan fingerprint density at radius 3 is 2.78 bits per heavy atom. The van der Waals surface area contributed by atoms with Gasteiger partial charge in [-0.05, 0) is 6.92 Å². The van der Waals surface area contributed by atoms with Crippen LogP contribution in [0.3, 0.4) is 0 Å². The van der Waals surface area contributed by atoms with Crippen molar-refractivity contribution in [3.05, 3.63) is 0 Å². The Kier molecular flexibility index (Phi) is 4.44. The first-order valence-electron chi connectivity index (χ1n) is 2.66. The fourth-order valence-electron chi connectivity index (χ4n) is 0.304. The standard InChI is InChI=1S/C5H10ClNO2/c1-4(3-7)9-5(8)2-6/h4H,2-3,7H2,1H3. The molecular formula is C5H10ClNO2. The molecule has 0 aromatic heterocycles. The van der Waals surface area contributed by atoms with Crippen molar-refractivity contribution < 1.29 is 9.53 Å². The predicted molar refractivity (Wildman–Crippen MR) is 35.3 cm³/mol. The van der Waals surface area contributed by atoms with Crippen LogP contribution in [0.1, 0.15) is 6.92 Å². The van der Waals surface area contributed by atoms with Crippen LogP contribution in [0, 0.1) is 0 Å². The monoisotopic (exact) mass is 151 g/mol. The Hall–Kier alpha value is -0.280. The van der Waals surface area contributed by atoms with E-state index >= 15 is 0 Å². The summed E-state index contributed by atoms with van der Waals surface area (Å²) in [5.41, 5.74) is 5.15. The Bertz CT molecular complexity index is 97.0. The average Bonchev–Trinajstić information content (AvgIpc) is 1.87. The van der Waals surface area contributed by atoms with E-state index in [0.717, 1.165) is 0 Å². The van der Waals surface area contributed by atoms with Crippen molar-refractivity contribution in [2.24, 2.45) is 5.73 Å². The van der Waals surface area contributed by atoms with Crippen molar-refractivity contribution in [3.8, 4) is 0 Å². The Morgan fingerprint density at radius 1 is 1.89 bits per heavy atom.